The molecular weight excluding hydrogens is 357 g/mol. The van der Waals surface area contributed by atoms with Gasteiger partial charge < -0.3 is 14.1 Å². The van der Waals surface area contributed by atoms with Gasteiger partial charge in [0.25, 0.3) is 5.91 Å². The summed E-state index contributed by atoms with van der Waals surface area (Å²) in [6, 6.07) is 5.60. The number of hydrogen-bond donors (Lipinski definition) is 0. The number of thioether (sulfide) groups is 1. The van der Waals surface area contributed by atoms with Gasteiger partial charge in [0.05, 0.1) is 29.6 Å². The Kier molecular flexibility index (Phi) is 5.33. The van der Waals surface area contributed by atoms with E-state index in [-0.39, 0.29) is 11.7 Å². The average Bonchev–Trinajstić information content (AvgIpc) is 3.09. The molecule has 1 saturated heterocycles. The van der Waals surface area contributed by atoms with Crippen LogP contribution in [0.1, 0.15) is 21.9 Å². The van der Waals surface area contributed by atoms with Gasteiger partial charge in [-0.05, 0) is 24.3 Å². The van der Waals surface area contributed by atoms with E-state index in [4.69, 9.17) is 9.15 Å². The van der Waals surface area contributed by atoms with E-state index in [1.807, 2.05) is 0 Å². The number of aromatic nitrogens is 1. The minimum absolute atomic E-state index is 0.188. The van der Waals surface area contributed by atoms with Crippen LogP contribution in [0.25, 0.3) is 0 Å². The van der Waals surface area contributed by atoms with Crippen molar-refractivity contribution in [2.24, 2.45) is 0 Å². The van der Waals surface area contributed by atoms with E-state index in [1.54, 1.807) is 17.0 Å². The molecule has 0 aromatic carbocycles. The molecule has 0 atom stereocenters. The zero-order chi connectivity index (χ0) is 17.9. The zero-order valence-corrected chi connectivity index (χ0v) is 13.9. The summed E-state index contributed by atoms with van der Waals surface area (Å²) in [7, 11) is 0. The summed E-state index contributed by atoms with van der Waals surface area (Å²) in [6.07, 6.45) is -3.59. The summed E-state index contributed by atoms with van der Waals surface area (Å²) < 4.78 is 48.2. The molecule has 134 valence electrons. The number of morpholine rings is 1. The van der Waals surface area contributed by atoms with Gasteiger partial charge >= 0.3 is 6.18 Å². The number of alkyl halides is 3. The molecule has 9 heteroatoms. The minimum atomic E-state index is -4.40. The van der Waals surface area contributed by atoms with E-state index in [0.717, 1.165) is 12.3 Å². The molecule has 1 amide bonds. The van der Waals surface area contributed by atoms with E-state index in [0.29, 0.717) is 42.8 Å². The topological polar surface area (TPSA) is 55.6 Å². The van der Waals surface area contributed by atoms with Crippen LogP contribution in [0, 0.1) is 0 Å². The summed E-state index contributed by atoms with van der Waals surface area (Å²) in [6.45, 7) is 2.07. The molecule has 0 unspecified atom stereocenters. The van der Waals surface area contributed by atoms with Gasteiger partial charge in [-0.15, -0.1) is 0 Å². The second-order valence-corrected chi connectivity index (χ2v) is 6.34. The number of carbonyl (C=O) groups is 1. The third-order valence-electron chi connectivity index (χ3n) is 3.60. The molecule has 3 heterocycles. The van der Waals surface area contributed by atoms with Crippen LogP contribution in [0.4, 0.5) is 13.2 Å². The van der Waals surface area contributed by atoms with Crippen molar-refractivity contribution in [3.05, 3.63) is 47.5 Å². The fourth-order valence-corrected chi connectivity index (χ4v) is 3.01. The van der Waals surface area contributed by atoms with Gasteiger partial charge in [-0.2, -0.15) is 13.2 Å². The van der Waals surface area contributed by atoms with Crippen LogP contribution < -0.4 is 0 Å². The highest BCUT2D eigenvalue weighted by Crippen LogP contribution is 2.30. The molecule has 1 fully saturated rings. The first-order valence-corrected chi connectivity index (χ1v) is 8.54. The maximum absolute atomic E-state index is 12.5. The maximum Gasteiger partial charge on any atom is 0.417 e. The number of furan rings is 1. The molecule has 1 aliphatic rings. The van der Waals surface area contributed by atoms with Crippen LogP contribution in [0.3, 0.4) is 0 Å². The van der Waals surface area contributed by atoms with Gasteiger partial charge in [0, 0.05) is 19.3 Å². The Balaban J connectivity index is 1.57. The summed E-state index contributed by atoms with van der Waals surface area (Å²) >= 11 is 1.24. The number of amides is 1. The van der Waals surface area contributed by atoms with E-state index in [1.165, 1.54) is 17.8 Å². The highest BCUT2D eigenvalue weighted by molar-refractivity contribution is 7.98. The molecule has 0 N–H and O–H groups in total. The normalized spacial score (nSPS) is 15.4. The Labute approximate surface area is 146 Å². The van der Waals surface area contributed by atoms with Crippen LogP contribution in [0.15, 0.2) is 39.9 Å². The van der Waals surface area contributed by atoms with Crippen molar-refractivity contribution in [1.82, 2.24) is 9.88 Å². The van der Waals surface area contributed by atoms with Gasteiger partial charge in [0.2, 0.25) is 0 Å². The molecule has 0 bridgehead atoms. The number of rotatable bonds is 4. The summed E-state index contributed by atoms with van der Waals surface area (Å²) in [5.41, 5.74) is -0.784. The highest BCUT2D eigenvalue weighted by Gasteiger charge is 2.30. The predicted octanol–water partition coefficient (Wildman–Crippen LogP) is 3.46. The Morgan fingerprint density at radius 2 is 1.96 bits per heavy atom. The quantitative estimate of drug-likeness (QED) is 0.770. The Morgan fingerprint density at radius 3 is 2.60 bits per heavy atom. The van der Waals surface area contributed by atoms with Gasteiger partial charge in [-0.3, -0.25) is 4.79 Å². The van der Waals surface area contributed by atoms with Gasteiger partial charge in [-0.1, -0.05) is 11.8 Å². The second kappa shape index (κ2) is 7.49. The minimum Gasteiger partial charge on any atom is -0.455 e. The molecule has 2 aromatic rings. The molecule has 2 aromatic heterocycles. The first-order valence-electron chi connectivity index (χ1n) is 7.55. The Hall–Kier alpha value is -2.00. The molecule has 5 nitrogen and oxygen atoms in total. The molecule has 3 rings (SSSR count). The van der Waals surface area contributed by atoms with Gasteiger partial charge in [0.1, 0.15) is 5.76 Å². The summed E-state index contributed by atoms with van der Waals surface area (Å²) in [5, 5.41) is 0.449. The molecule has 0 spiro atoms. The van der Waals surface area contributed by atoms with Crippen LogP contribution in [-0.2, 0) is 16.7 Å². The van der Waals surface area contributed by atoms with Crippen LogP contribution in [0.2, 0.25) is 0 Å². The summed E-state index contributed by atoms with van der Waals surface area (Å²) in [5.74, 6) is 0.989. The number of pyridine rings is 1. The lowest BCUT2D eigenvalue weighted by Crippen LogP contribution is -2.40. The van der Waals surface area contributed by atoms with Crippen molar-refractivity contribution >= 4 is 17.7 Å². The third kappa shape index (κ3) is 4.55. The Bertz CT molecular complexity index is 725. The average molecular weight is 372 g/mol. The molecule has 0 aliphatic carbocycles. The lowest BCUT2D eigenvalue weighted by molar-refractivity contribution is -0.137. The monoisotopic (exact) mass is 372 g/mol. The first-order chi connectivity index (χ1) is 11.9. The van der Waals surface area contributed by atoms with Crippen molar-refractivity contribution in [3.8, 4) is 0 Å². The number of carbonyl (C=O) groups excluding carboxylic acids is 1. The lowest BCUT2D eigenvalue weighted by Gasteiger charge is -2.25. The van der Waals surface area contributed by atoms with Crippen LogP contribution >= 0.6 is 11.8 Å². The zero-order valence-electron chi connectivity index (χ0n) is 13.1. The molecule has 25 heavy (non-hydrogen) atoms. The van der Waals surface area contributed by atoms with Crippen molar-refractivity contribution in [2.75, 3.05) is 26.3 Å². The highest BCUT2D eigenvalue weighted by atomic mass is 32.2. The fourth-order valence-electron chi connectivity index (χ4n) is 2.27. The summed E-state index contributed by atoms with van der Waals surface area (Å²) in [4.78, 5) is 17.7. The van der Waals surface area contributed by atoms with Gasteiger partial charge in [-0.25, -0.2) is 4.98 Å². The second-order valence-electron chi connectivity index (χ2n) is 5.34. The van der Waals surface area contributed by atoms with Crippen molar-refractivity contribution in [2.45, 2.75) is 17.0 Å². The Morgan fingerprint density at radius 1 is 1.20 bits per heavy atom. The number of hydrogen-bond acceptors (Lipinski definition) is 5. The number of halogens is 3. The van der Waals surface area contributed by atoms with E-state index in [2.05, 4.69) is 4.98 Å². The standard InChI is InChI=1S/C16H15F3N2O3S/c17-16(18,19)11-1-4-14(20-9-11)25-10-12-2-3-13(24-12)15(22)21-5-7-23-8-6-21/h1-4,9H,5-8,10H2. The molecular formula is C16H15F3N2O3S. The maximum atomic E-state index is 12.5. The molecule has 0 saturated carbocycles. The van der Waals surface area contributed by atoms with E-state index in [9.17, 15) is 18.0 Å². The first kappa shape index (κ1) is 17.8. The van der Waals surface area contributed by atoms with Crippen LogP contribution in [0.5, 0.6) is 0 Å². The number of ether oxygens (including phenoxy) is 1. The molecule has 0 radical (unpaired) electrons. The van der Waals surface area contributed by atoms with Crippen molar-refractivity contribution < 1.29 is 27.1 Å². The fraction of sp³-hybridized carbons (Fsp3) is 0.375. The number of nitrogens with zero attached hydrogens (tertiary/aromatic N) is 2. The van der Waals surface area contributed by atoms with Gasteiger partial charge in [0.15, 0.2) is 5.76 Å². The van der Waals surface area contributed by atoms with Crippen LogP contribution in [-0.4, -0.2) is 42.1 Å². The predicted molar refractivity (Wildman–Crippen MR) is 84.2 cm³/mol. The van der Waals surface area contributed by atoms with E-state index >= 15 is 0 Å². The van der Waals surface area contributed by atoms with Crippen molar-refractivity contribution in [1.29, 1.82) is 0 Å². The smallest absolute Gasteiger partial charge is 0.417 e. The lowest BCUT2D eigenvalue weighted by atomic mass is 10.3. The largest absolute Gasteiger partial charge is 0.455 e. The SMILES string of the molecule is O=C(c1ccc(CSc2ccc(C(F)(F)F)cn2)o1)N1CCOCC1. The van der Waals surface area contributed by atoms with E-state index < -0.39 is 11.7 Å². The third-order valence-corrected chi connectivity index (χ3v) is 4.56. The molecule has 1 aliphatic heterocycles. The van der Waals surface area contributed by atoms with Crippen molar-refractivity contribution in [3.63, 3.8) is 0 Å².